The number of nitrogens with zero attached hydrogens (tertiary/aromatic N) is 1. The molecule has 0 bridgehead atoms. The summed E-state index contributed by atoms with van der Waals surface area (Å²) in [4.78, 5) is 27.6. The molecule has 1 fully saturated rings. The smallest absolute Gasteiger partial charge is 0.253 e. The summed E-state index contributed by atoms with van der Waals surface area (Å²) in [5.74, 6) is 1.12. The molecule has 166 valence electrons. The number of methoxy groups -OCH3 is 1. The van der Waals surface area contributed by atoms with Gasteiger partial charge in [0.05, 0.1) is 19.6 Å². The Balaban J connectivity index is 1.61. The number of carbonyl (C=O) groups is 2. The number of rotatable bonds is 7. The standard InChI is InChI=1S/C25H32N2O4/c1-5-31-23-14-19(8-9-22(23)30-4)15-26-24(28)20-7-6-10-27(16-20)25(29)21-12-17(2)11-18(3)13-21/h8-9,11-14,20H,5-7,10,15-16H2,1-4H3,(H,26,28)/t20-/m0/s1. The predicted molar refractivity (Wildman–Crippen MR) is 121 cm³/mol. The highest BCUT2D eigenvalue weighted by Gasteiger charge is 2.29. The molecule has 0 saturated carbocycles. The molecule has 1 N–H and O–H groups in total. The molecule has 2 aromatic rings. The molecule has 2 amide bonds. The predicted octanol–water partition coefficient (Wildman–Crippen LogP) is 3.88. The summed E-state index contributed by atoms with van der Waals surface area (Å²) in [6, 6.07) is 11.5. The fraction of sp³-hybridized carbons (Fsp3) is 0.440. The molecule has 0 spiro atoms. The van der Waals surface area contributed by atoms with Gasteiger partial charge in [-0.3, -0.25) is 9.59 Å². The lowest BCUT2D eigenvalue weighted by Crippen LogP contribution is -2.45. The maximum Gasteiger partial charge on any atom is 0.253 e. The van der Waals surface area contributed by atoms with E-state index in [-0.39, 0.29) is 17.7 Å². The Morgan fingerprint density at radius 3 is 2.52 bits per heavy atom. The van der Waals surface area contributed by atoms with Crippen molar-refractivity contribution in [1.82, 2.24) is 10.2 Å². The molecular weight excluding hydrogens is 392 g/mol. The van der Waals surface area contributed by atoms with Gasteiger partial charge in [-0.1, -0.05) is 23.3 Å². The van der Waals surface area contributed by atoms with Gasteiger partial charge in [0.25, 0.3) is 5.91 Å². The molecule has 0 aromatic heterocycles. The second-order valence-electron chi connectivity index (χ2n) is 8.10. The summed E-state index contributed by atoms with van der Waals surface area (Å²) in [5.41, 5.74) is 3.78. The zero-order valence-corrected chi connectivity index (χ0v) is 18.9. The van der Waals surface area contributed by atoms with Gasteiger partial charge >= 0.3 is 0 Å². The van der Waals surface area contributed by atoms with E-state index in [9.17, 15) is 9.59 Å². The Morgan fingerprint density at radius 2 is 1.84 bits per heavy atom. The van der Waals surface area contributed by atoms with E-state index in [1.54, 1.807) is 7.11 Å². The van der Waals surface area contributed by atoms with Crippen molar-refractivity contribution in [3.05, 3.63) is 58.7 Å². The Labute approximate surface area is 184 Å². The van der Waals surface area contributed by atoms with Gasteiger partial charge in [0.15, 0.2) is 11.5 Å². The molecule has 0 aliphatic carbocycles. The first kappa shape index (κ1) is 22.7. The monoisotopic (exact) mass is 424 g/mol. The number of hydrogen-bond acceptors (Lipinski definition) is 4. The van der Waals surface area contributed by atoms with E-state index in [1.165, 1.54) is 0 Å². The van der Waals surface area contributed by atoms with Gasteiger partial charge in [-0.15, -0.1) is 0 Å². The molecule has 1 saturated heterocycles. The Bertz CT molecular complexity index is 921. The van der Waals surface area contributed by atoms with Gasteiger partial charge in [0.2, 0.25) is 5.91 Å². The van der Waals surface area contributed by atoms with E-state index in [0.29, 0.717) is 43.3 Å². The van der Waals surface area contributed by atoms with Crippen LogP contribution >= 0.6 is 0 Å². The van der Waals surface area contributed by atoms with Crippen LogP contribution in [-0.2, 0) is 11.3 Å². The average Bonchev–Trinajstić information content (AvgIpc) is 2.76. The van der Waals surface area contributed by atoms with Gasteiger partial charge < -0.3 is 19.7 Å². The van der Waals surface area contributed by atoms with Crippen LogP contribution in [0.25, 0.3) is 0 Å². The quantitative estimate of drug-likeness (QED) is 0.733. The number of nitrogens with one attached hydrogen (secondary N) is 1. The SMILES string of the molecule is CCOc1cc(CNC(=O)[C@H]2CCCN(C(=O)c3cc(C)cc(C)c3)C2)ccc1OC. The first-order valence-corrected chi connectivity index (χ1v) is 10.9. The van der Waals surface area contributed by atoms with Gasteiger partial charge in [0, 0.05) is 25.2 Å². The summed E-state index contributed by atoms with van der Waals surface area (Å²) >= 11 is 0. The molecule has 3 rings (SSSR count). The third-order valence-electron chi connectivity index (χ3n) is 5.54. The molecule has 6 heteroatoms. The summed E-state index contributed by atoms with van der Waals surface area (Å²) in [5, 5.41) is 3.02. The number of piperidine rings is 1. The highest BCUT2D eigenvalue weighted by Crippen LogP contribution is 2.28. The molecule has 1 atom stereocenters. The van der Waals surface area contributed by atoms with Crippen molar-refractivity contribution in [1.29, 1.82) is 0 Å². The maximum atomic E-state index is 13.0. The van der Waals surface area contributed by atoms with Gasteiger partial charge in [-0.05, 0) is 63.4 Å². The van der Waals surface area contributed by atoms with Gasteiger partial charge in [-0.2, -0.15) is 0 Å². The van der Waals surface area contributed by atoms with Crippen molar-refractivity contribution >= 4 is 11.8 Å². The average molecular weight is 425 g/mol. The van der Waals surface area contributed by atoms with E-state index in [2.05, 4.69) is 11.4 Å². The first-order valence-electron chi connectivity index (χ1n) is 10.9. The highest BCUT2D eigenvalue weighted by atomic mass is 16.5. The molecule has 31 heavy (non-hydrogen) atoms. The summed E-state index contributed by atoms with van der Waals surface area (Å²) < 4.78 is 10.9. The normalized spacial score (nSPS) is 16.0. The Hall–Kier alpha value is -3.02. The first-order chi connectivity index (χ1) is 14.9. The molecule has 0 radical (unpaired) electrons. The number of amides is 2. The highest BCUT2D eigenvalue weighted by molar-refractivity contribution is 5.95. The van der Waals surface area contributed by atoms with E-state index < -0.39 is 0 Å². The summed E-state index contributed by atoms with van der Waals surface area (Å²) in [7, 11) is 1.60. The number of ether oxygens (including phenoxy) is 2. The number of benzene rings is 2. The lowest BCUT2D eigenvalue weighted by Gasteiger charge is -2.32. The summed E-state index contributed by atoms with van der Waals surface area (Å²) in [6.45, 7) is 7.99. The molecule has 2 aromatic carbocycles. The number of aryl methyl sites for hydroxylation is 2. The van der Waals surface area contributed by atoms with Crippen LogP contribution in [0, 0.1) is 19.8 Å². The zero-order chi connectivity index (χ0) is 22.4. The van der Waals surface area contributed by atoms with Crippen molar-refractivity contribution in [2.24, 2.45) is 5.92 Å². The van der Waals surface area contributed by atoms with Gasteiger partial charge in [0.1, 0.15) is 0 Å². The van der Waals surface area contributed by atoms with Crippen LogP contribution in [0.1, 0.15) is 46.8 Å². The zero-order valence-electron chi connectivity index (χ0n) is 18.9. The van der Waals surface area contributed by atoms with Crippen LogP contribution in [0.5, 0.6) is 11.5 Å². The van der Waals surface area contributed by atoms with Gasteiger partial charge in [-0.25, -0.2) is 0 Å². The van der Waals surface area contributed by atoms with Crippen LogP contribution in [0.3, 0.4) is 0 Å². The molecular formula is C25H32N2O4. The van der Waals surface area contributed by atoms with Crippen LogP contribution in [-0.4, -0.2) is 43.5 Å². The Morgan fingerprint density at radius 1 is 1.10 bits per heavy atom. The minimum atomic E-state index is -0.201. The fourth-order valence-corrected chi connectivity index (χ4v) is 4.09. The minimum absolute atomic E-state index is 0.000751. The molecule has 0 unspecified atom stereocenters. The molecule has 1 heterocycles. The van der Waals surface area contributed by atoms with Crippen molar-refractivity contribution in [2.45, 2.75) is 40.2 Å². The van der Waals surface area contributed by atoms with E-state index in [1.807, 2.05) is 56.0 Å². The van der Waals surface area contributed by atoms with Crippen molar-refractivity contribution in [2.75, 3.05) is 26.8 Å². The lowest BCUT2D eigenvalue weighted by atomic mass is 9.96. The number of carbonyl (C=O) groups excluding carboxylic acids is 2. The summed E-state index contributed by atoms with van der Waals surface area (Å²) in [6.07, 6.45) is 1.61. The van der Waals surface area contributed by atoms with Crippen molar-refractivity contribution < 1.29 is 19.1 Å². The third-order valence-corrected chi connectivity index (χ3v) is 5.54. The van der Waals surface area contributed by atoms with E-state index in [0.717, 1.165) is 29.5 Å². The van der Waals surface area contributed by atoms with Crippen LogP contribution in [0.2, 0.25) is 0 Å². The second kappa shape index (κ2) is 10.3. The third kappa shape index (κ3) is 5.78. The molecule has 6 nitrogen and oxygen atoms in total. The number of likely N-dealkylation sites (tertiary alicyclic amines) is 1. The van der Waals surface area contributed by atoms with Crippen molar-refractivity contribution in [3.63, 3.8) is 0 Å². The van der Waals surface area contributed by atoms with E-state index >= 15 is 0 Å². The molecule has 1 aliphatic heterocycles. The largest absolute Gasteiger partial charge is 0.493 e. The molecule has 1 aliphatic rings. The van der Waals surface area contributed by atoms with Crippen LogP contribution in [0.4, 0.5) is 0 Å². The van der Waals surface area contributed by atoms with E-state index in [4.69, 9.17) is 9.47 Å². The van der Waals surface area contributed by atoms with Crippen molar-refractivity contribution in [3.8, 4) is 11.5 Å². The topological polar surface area (TPSA) is 67.9 Å². The maximum absolute atomic E-state index is 13.0. The number of hydrogen-bond donors (Lipinski definition) is 1. The van der Waals surface area contributed by atoms with Crippen LogP contribution in [0.15, 0.2) is 36.4 Å². The Kier molecular flexibility index (Phi) is 7.55. The minimum Gasteiger partial charge on any atom is -0.493 e. The lowest BCUT2D eigenvalue weighted by molar-refractivity contribution is -0.126. The fourth-order valence-electron chi connectivity index (χ4n) is 4.09. The van der Waals surface area contributed by atoms with Crippen LogP contribution < -0.4 is 14.8 Å². The second-order valence-corrected chi connectivity index (χ2v) is 8.10.